The molecule has 2 unspecified atom stereocenters. The van der Waals surface area contributed by atoms with Crippen LogP contribution in [-0.4, -0.2) is 7.11 Å². The lowest BCUT2D eigenvalue weighted by Gasteiger charge is -2.18. The maximum Gasteiger partial charge on any atom is 0.121 e. The number of halogens is 1. The van der Waals surface area contributed by atoms with Gasteiger partial charge in [0.2, 0.25) is 0 Å². The Morgan fingerprint density at radius 3 is 2.53 bits per heavy atom. The van der Waals surface area contributed by atoms with Gasteiger partial charge >= 0.3 is 0 Å². The van der Waals surface area contributed by atoms with Crippen molar-refractivity contribution in [3.8, 4) is 5.75 Å². The molecule has 0 aliphatic rings. The lowest BCUT2D eigenvalue weighted by atomic mass is 9.97. The Bertz CT molecular complexity index is 322. The van der Waals surface area contributed by atoms with Gasteiger partial charge in [-0.1, -0.05) is 48.3 Å². The highest BCUT2D eigenvalue weighted by molar-refractivity contribution is 9.09. The quantitative estimate of drug-likeness (QED) is 0.733. The molecule has 1 aromatic carbocycles. The van der Waals surface area contributed by atoms with Crippen LogP contribution >= 0.6 is 15.9 Å². The van der Waals surface area contributed by atoms with Crippen molar-refractivity contribution >= 4 is 15.9 Å². The standard InChI is InChI=1S/C13H19BrO/c1-5-9(2)13(14)11-6-7-12(15-4)10(3)8-11/h6-9,13H,5H2,1-4H3. The van der Waals surface area contributed by atoms with Crippen LogP contribution in [-0.2, 0) is 0 Å². The van der Waals surface area contributed by atoms with Crippen LogP contribution in [0, 0.1) is 12.8 Å². The highest BCUT2D eigenvalue weighted by atomic mass is 79.9. The van der Waals surface area contributed by atoms with Gasteiger partial charge in [0.15, 0.2) is 0 Å². The summed E-state index contributed by atoms with van der Waals surface area (Å²) < 4.78 is 5.25. The van der Waals surface area contributed by atoms with Crippen LogP contribution in [0.25, 0.3) is 0 Å². The van der Waals surface area contributed by atoms with E-state index in [1.165, 1.54) is 17.5 Å². The first-order chi connectivity index (χ1) is 7.10. The molecule has 0 aliphatic carbocycles. The Labute approximate surface area is 101 Å². The van der Waals surface area contributed by atoms with Gasteiger partial charge in [0.1, 0.15) is 5.75 Å². The monoisotopic (exact) mass is 270 g/mol. The van der Waals surface area contributed by atoms with Crippen LogP contribution in [0.3, 0.4) is 0 Å². The summed E-state index contributed by atoms with van der Waals surface area (Å²) in [5, 5.41) is 0. The van der Waals surface area contributed by atoms with E-state index in [0.717, 1.165) is 5.75 Å². The number of rotatable bonds is 4. The van der Waals surface area contributed by atoms with E-state index in [0.29, 0.717) is 10.7 Å². The largest absolute Gasteiger partial charge is 0.496 e. The minimum absolute atomic E-state index is 0.437. The Morgan fingerprint density at radius 1 is 1.40 bits per heavy atom. The van der Waals surface area contributed by atoms with Gasteiger partial charge < -0.3 is 4.74 Å². The van der Waals surface area contributed by atoms with Crippen molar-refractivity contribution in [2.24, 2.45) is 5.92 Å². The van der Waals surface area contributed by atoms with E-state index < -0.39 is 0 Å². The van der Waals surface area contributed by atoms with Gasteiger partial charge in [-0.2, -0.15) is 0 Å². The van der Waals surface area contributed by atoms with E-state index in [1.807, 2.05) is 6.07 Å². The molecule has 0 fully saturated rings. The fraction of sp³-hybridized carbons (Fsp3) is 0.538. The zero-order valence-electron chi connectivity index (χ0n) is 9.88. The molecule has 0 N–H and O–H groups in total. The number of hydrogen-bond acceptors (Lipinski definition) is 1. The van der Waals surface area contributed by atoms with Crippen LogP contribution in [0.1, 0.15) is 36.2 Å². The van der Waals surface area contributed by atoms with Gasteiger partial charge in [0, 0.05) is 4.83 Å². The van der Waals surface area contributed by atoms with Crippen LogP contribution in [0.2, 0.25) is 0 Å². The summed E-state index contributed by atoms with van der Waals surface area (Å²) in [6.07, 6.45) is 1.18. The fourth-order valence-corrected chi connectivity index (χ4v) is 2.27. The highest BCUT2D eigenvalue weighted by Crippen LogP contribution is 2.34. The molecule has 15 heavy (non-hydrogen) atoms. The Hall–Kier alpha value is -0.500. The van der Waals surface area contributed by atoms with Crippen molar-refractivity contribution in [3.05, 3.63) is 29.3 Å². The number of hydrogen-bond donors (Lipinski definition) is 0. The molecule has 0 aromatic heterocycles. The maximum absolute atomic E-state index is 5.25. The van der Waals surface area contributed by atoms with E-state index in [2.05, 4.69) is 48.8 Å². The molecule has 1 nitrogen and oxygen atoms in total. The van der Waals surface area contributed by atoms with E-state index >= 15 is 0 Å². The zero-order valence-corrected chi connectivity index (χ0v) is 11.5. The predicted octanol–water partition coefficient (Wildman–Crippen LogP) is 4.49. The van der Waals surface area contributed by atoms with Gasteiger partial charge in [-0.05, 0) is 30.0 Å². The maximum atomic E-state index is 5.25. The van der Waals surface area contributed by atoms with Crippen molar-refractivity contribution in [2.75, 3.05) is 7.11 Å². The summed E-state index contributed by atoms with van der Waals surface area (Å²) >= 11 is 3.75. The summed E-state index contributed by atoms with van der Waals surface area (Å²) in [5.74, 6) is 1.61. The van der Waals surface area contributed by atoms with Crippen LogP contribution in [0.5, 0.6) is 5.75 Å². The molecule has 0 saturated carbocycles. The third kappa shape index (κ3) is 2.97. The summed E-state index contributed by atoms with van der Waals surface area (Å²) in [5.41, 5.74) is 2.53. The number of aryl methyl sites for hydroxylation is 1. The molecular formula is C13H19BrO. The number of benzene rings is 1. The highest BCUT2D eigenvalue weighted by Gasteiger charge is 2.15. The molecule has 0 saturated heterocycles. The minimum atomic E-state index is 0.437. The lowest BCUT2D eigenvalue weighted by Crippen LogP contribution is -2.02. The molecule has 2 atom stereocenters. The van der Waals surface area contributed by atoms with Crippen molar-refractivity contribution in [3.63, 3.8) is 0 Å². The third-order valence-corrected chi connectivity index (χ3v) is 4.31. The van der Waals surface area contributed by atoms with Gasteiger partial charge in [-0.25, -0.2) is 0 Å². The van der Waals surface area contributed by atoms with Crippen molar-refractivity contribution < 1.29 is 4.74 Å². The molecule has 2 heteroatoms. The molecule has 0 radical (unpaired) electrons. The van der Waals surface area contributed by atoms with Crippen LogP contribution < -0.4 is 4.74 Å². The summed E-state index contributed by atoms with van der Waals surface area (Å²) in [4.78, 5) is 0.437. The van der Waals surface area contributed by atoms with E-state index in [-0.39, 0.29) is 0 Å². The Balaban J connectivity index is 2.92. The zero-order chi connectivity index (χ0) is 11.4. The minimum Gasteiger partial charge on any atom is -0.496 e. The number of methoxy groups -OCH3 is 1. The predicted molar refractivity (Wildman–Crippen MR) is 68.9 cm³/mol. The average Bonchev–Trinajstić information content (AvgIpc) is 2.26. The molecule has 0 spiro atoms. The van der Waals surface area contributed by atoms with E-state index in [9.17, 15) is 0 Å². The first kappa shape index (κ1) is 12.6. The molecule has 0 bridgehead atoms. The van der Waals surface area contributed by atoms with Gasteiger partial charge in [-0.15, -0.1) is 0 Å². The molecule has 1 rings (SSSR count). The summed E-state index contributed by atoms with van der Waals surface area (Å²) in [7, 11) is 1.71. The first-order valence-electron chi connectivity index (χ1n) is 5.38. The topological polar surface area (TPSA) is 9.23 Å². The molecule has 84 valence electrons. The van der Waals surface area contributed by atoms with Gasteiger partial charge in [0.25, 0.3) is 0 Å². The van der Waals surface area contributed by atoms with Crippen molar-refractivity contribution in [1.82, 2.24) is 0 Å². The SMILES string of the molecule is CCC(C)C(Br)c1ccc(OC)c(C)c1. The second-order valence-electron chi connectivity index (χ2n) is 4.02. The Kier molecular flexibility index (Phi) is 4.65. The molecule has 0 heterocycles. The van der Waals surface area contributed by atoms with Crippen LogP contribution in [0.4, 0.5) is 0 Å². The third-order valence-electron chi connectivity index (χ3n) is 2.88. The summed E-state index contributed by atoms with van der Waals surface area (Å²) in [6, 6.07) is 6.38. The second-order valence-corrected chi connectivity index (χ2v) is 5.00. The van der Waals surface area contributed by atoms with Crippen LogP contribution in [0.15, 0.2) is 18.2 Å². The first-order valence-corrected chi connectivity index (χ1v) is 6.30. The average molecular weight is 271 g/mol. The molecule has 0 amide bonds. The van der Waals surface area contributed by atoms with Gasteiger partial charge in [0.05, 0.1) is 7.11 Å². The number of ether oxygens (including phenoxy) is 1. The molecule has 0 aliphatic heterocycles. The lowest BCUT2D eigenvalue weighted by molar-refractivity contribution is 0.411. The molecular weight excluding hydrogens is 252 g/mol. The summed E-state index contributed by atoms with van der Waals surface area (Å²) in [6.45, 7) is 6.56. The smallest absolute Gasteiger partial charge is 0.121 e. The van der Waals surface area contributed by atoms with E-state index in [1.54, 1.807) is 7.11 Å². The number of alkyl halides is 1. The normalized spacial score (nSPS) is 14.7. The van der Waals surface area contributed by atoms with E-state index in [4.69, 9.17) is 4.74 Å². The Morgan fingerprint density at radius 2 is 2.07 bits per heavy atom. The second kappa shape index (κ2) is 5.55. The van der Waals surface area contributed by atoms with Gasteiger partial charge in [-0.3, -0.25) is 0 Å². The van der Waals surface area contributed by atoms with Crippen molar-refractivity contribution in [2.45, 2.75) is 32.0 Å². The fourth-order valence-electron chi connectivity index (χ4n) is 1.61. The molecule has 1 aromatic rings. The van der Waals surface area contributed by atoms with Crippen molar-refractivity contribution in [1.29, 1.82) is 0 Å².